The van der Waals surface area contributed by atoms with Gasteiger partial charge in [-0.15, -0.1) is 0 Å². The number of imidazole rings is 1. The lowest BCUT2D eigenvalue weighted by Crippen LogP contribution is -1.97. The van der Waals surface area contributed by atoms with Crippen molar-refractivity contribution < 1.29 is 24.2 Å². The number of para-hydroxylation sites is 2. The molecule has 0 radical (unpaired) electrons. The van der Waals surface area contributed by atoms with Crippen molar-refractivity contribution >= 4 is 40.8 Å². The zero-order chi connectivity index (χ0) is 21.3. The van der Waals surface area contributed by atoms with Crippen molar-refractivity contribution in [1.82, 2.24) is 9.97 Å². The van der Waals surface area contributed by atoms with E-state index in [-0.39, 0.29) is 10.5 Å². The molecule has 0 amide bonds. The fraction of sp³-hybridized carbons (Fsp3) is 0.0455. The Hall–Kier alpha value is -3.78. The van der Waals surface area contributed by atoms with Crippen LogP contribution in [0.15, 0.2) is 69.1 Å². The number of carboxylic acid groups (broad SMARTS) is 2. The van der Waals surface area contributed by atoms with E-state index < -0.39 is 11.9 Å². The lowest BCUT2D eigenvalue weighted by atomic mass is 10.0. The van der Waals surface area contributed by atoms with Crippen molar-refractivity contribution in [3.8, 4) is 11.3 Å². The number of fused-ring (bicyclic) bond motifs is 1. The molecule has 0 aliphatic rings. The first kappa shape index (κ1) is 19.5. The zero-order valence-corrected chi connectivity index (χ0v) is 16.6. The SMILES string of the molecule is Cc1ccc(C(=O)O)cc1-c1ccc(/C=C(\Sc2nc3ccccc3[nH]2)C(=O)O)o1. The fourth-order valence-electron chi connectivity index (χ4n) is 2.94. The Morgan fingerprint density at radius 1 is 1.10 bits per heavy atom. The number of carboxylic acids is 2. The number of nitrogens with one attached hydrogen (secondary N) is 1. The second-order valence-electron chi connectivity index (χ2n) is 6.51. The molecule has 4 rings (SSSR count). The normalized spacial score (nSPS) is 11.7. The van der Waals surface area contributed by atoms with Gasteiger partial charge in [0.2, 0.25) is 0 Å². The topological polar surface area (TPSA) is 116 Å². The average Bonchev–Trinajstić information content (AvgIpc) is 3.34. The smallest absolute Gasteiger partial charge is 0.342 e. The van der Waals surface area contributed by atoms with Crippen LogP contribution in [0, 0.1) is 6.92 Å². The van der Waals surface area contributed by atoms with Gasteiger partial charge in [0.1, 0.15) is 16.4 Å². The van der Waals surface area contributed by atoms with Gasteiger partial charge >= 0.3 is 11.9 Å². The molecule has 2 heterocycles. The maximum Gasteiger partial charge on any atom is 0.342 e. The average molecular weight is 420 g/mol. The minimum atomic E-state index is -1.11. The van der Waals surface area contributed by atoms with Gasteiger partial charge in [0, 0.05) is 11.6 Å². The molecule has 0 aliphatic heterocycles. The van der Waals surface area contributed by atoms with Crippen LogP contribution < -0.4 is 0 Å². The predicted octanol–water partition coefficient (Wildman–Crippen LogP) is 5.05. The van der Waals surface area contributed by atoms with Crippen LogP contribution in [-0.2, 0) is 4.79 Å². The monoisotopic (exact) mass is 420 g/mol. The molecule has 0 saturated heterocycles. The van der Waals surface area contributed by atoms with E-state index in [9.17, 15) is 19.8 Å². The first-order chi connectivity index (χ1) is 14.4. The number of hydrogen-bond acceptors (Lipinski definition) is 5. The molecule has 7 nitrogen and oxygen atoms in total. The van der Waals surface area contributed by atoms with Gasteiger partial charge in [-0.05, 0) is 60.6 Å². The molecule has 0 spiro atoms. The summed E-state index contributed by atoms with van der Waals surface area (Å²) in [6.07, 6.45) is 1.42. The van der Waals surface area contributed by atoms with E-state index in [1.54, 1.807) is 18.2 Å². The van der Waals surface area contributed by atoms with Gasteiger partial charge in [-0.2, -0.15) is 0 Å². The standard InChI is InChI=1S/C22H16N2O5S/c1-12-6-7-13(20(25)26)10-15(12)18-9-8-14(29-18)11-19(21(27)28)30-22-23-16-4-2-3-5-17(16)24-22/h2-11H,1H3,(H,23,24)(H,25,26)(H,27,28)/b19-11-. The maximum atomic E-state index is 11.7. The molecular formula is C22H16N2O5S. The Morgan fingerprint density at radius 2 is 1.90 bits per heavy atom. The van der Waals surface area contributed by atoms with Crippen LogP contribution in [0.5, 0.6) is 0 Å². The summed E-state index contributed by atoms with van der Waals surface area (Å²) in [4.78, 5) is 30.5. The largest absolute Gasteiger partial charge is 0.478 e. The summed E-state index contributed by atoms with van der Waals surface area (Å²) in [5, 5.41) is 19.3. The molecule has 8 heteroatoms. The first-order valence-corrected chi connectivity index (χ1v) is 9.74. The number of aromatic amines is 1. The number of aromatic carboxylic acids is 1. The summed E-state index contributed by atoms with van der Waals surface area (Å²) in [5.41, 5.74) is 3.20. The van der Waals surface area contributed by atoms with E-state index in [2.05, 4.69) is 9.97 Å². The summed E-state index contributed by atoms with van der Waals surface area (Å²) in [6.45, 7) is 1.85. The van der Waals surface area contributed by atoms with Gasteiger partial charge in [0.15, 0.2) is 5.16 Å². The van der Waals surface area contributed by atoms with Crippen molar-refractivity contribution in [2.24, 2.45) is 0 Å². The zero-order valence-electron chi connectivity index (χ0n) is 15.7. The summed E-state index contributed by atoms with van der Waals surface area (Å²) in [5.74, 6) is -1.34. The predicted molar refractivity (Wildman–Crippen MR) is 113 cm³/mol. The number of aryl methyl sites for hydroxylation is 1. The first-order valence-electron chi connectivity index (χ1n) is 8.92. The molecule has 0 saturated carbocycles. The third kappa shape index (κ3) is 3.99. The van der Waals surface area contributed by atoms with Crippen LogP contribution in [0.1, 0.15) is 21.7 Å². The Morgan fingerprint density at radius 3 is 2.63 bits per heavy atom. The number of benzene rings is 2. The highest BCUT2D eigenvalue weighted by Gasteiger charge is 2.15. The van der Waals surface area contributed by atoms with Gasteiger partial charge in [0.25, 0.3) is 0 Å². The summed E-state index contributed by atoms with van der Waals surface area (Å²) in [6, 6.07) is 15.5. The molecule has 0 atom stereocenters. The van der Waals surface area contributed by atoms with Gasteiger partial charge in [-0.1, -0.05) is 18.2 Å². The minimum Gasteiger partial charge on any atom is -0.478 e. The number of hydrogen-bond donors (Lipinski definition) is 3. The van der Waals surface area contributed by atoms with Gasteiger partial charge in [-0.3, -0.25) is 0 Å². The molecule has 0 aliphatic carbocycles. The van der Waals surface area contributed by atoms with E-state index in [0.717, 1.165) is 28.4 Å². The highest BCUT2D eigenvalue weighted by molar-refractivity contribution is 8.04. The Balaban J connectivity index is 1.64. The molecular weight excluding hydrogens is 404 g/mol. The van der Waals surface area contributed by atoms with Crippen molar-refractivity contribution in [2.75, 3.05) is 0 Å². The van der Waals surface area contributed by atoms with Crippen LogP contribution in [0.4, 0.5) is 0 Å². The van der Waals surface area contributed by atoms with Crippen molar-refractivity contribution in [3.05, 3.63) is 76.4 Å². The molecule has 2 aromatic carbocycles. The number of H-pyrrole nitrogens is 1. The summed E-state index contributed by atoms with van der Waals surface area (Å²) < 4.78 is 5.79. The van der Waals surface area contributed by atoms with Crippen LogP contribution in [0.25, 0.3) is 28.4 Å². The molecule has 2 aromatic heterocycles. The third-order valence-electron chi connectivity index (χ3n) is 4.44. The van der Waals surface area contributed by atoms with Crippen molar-refractivity contribution in [3.63, 3.8) is 0 Å². The van der Waals surface area contributed by atoms with E-state index in [1.807, 2.05) is 31.2 Å². The van der Waals surface area contributed by atoms with E-state index in [0.29, 0.717) is 22.2 Å². The Kier molecular flexibility index (Phi) is 5.16. The highest BCUT2D eigenvalue weighted by Crippen LogP contribution is 2.31. The molecule has 150 valence electrons. The lowest BCUT2D eigenvalue weighted by molar-refractivity contribution is -0.131. The van der Waals surface area contributed by atoms with Crippen LogP contribution >= 0.6 is 11.8 Å². The number of nitrogens with zero attached hydrogens (tertiary/aromatic N) is 1. The third-order valence-corrected chi connectivity index (χ3v) is 5.33. The lowest BCUT2D eigenvalue weighted by Gasteiger charge is -2.04. The van der Waals surface area contributed by atoms with Gasteiger partial charge in [0.05, 0.1) is 16.6 Å². The second kappa shape index (κ2) is 7.92. The van der Waals surface area contributed by atoms with Gasteiger partial charge < -0.3 is 19.6 Å². The van der Waals surface area contributed by atoms with E-state index >= 15 is 0 Å². The number of thioether (sulfide) groups is 1. The quantitative estimate of drug-likeness (QED) is 0.295. The number of furan rings is 1. The highest BCUT2D eigenvalue weighted by atomic mass is 32.2. The molecule has 0 unspecified atom stereocenters. The fourth-order valence-corrected chi connectivity index (χ4v) is 3.72. The molecule has 3 N–H and O–H groups in total. The molecule has 4 aromatic rings. The summed E-state index contributed by atoms with van der Waals surface area (Å²) >= 11 is 0.989. The van der Waals surface area contributed by atoms with Crippen molar-refractivity contribution in [2.45, 2.75) is 12.1 Å². The van der Waals surface area contributed by atoms with E-state index in [1.165, 1.54) is 18.2 Å². The number of rotatable bonds is 6. The van der Waals surface area contributed by atoms with Crippen LogP contribution in [0.3, 0.4) is 0 Å². The maximum absolute atomic E-state index is 11.7. The summed E-state index contributed by atoms with van der Waals surface area (Å²) in [7, 11) is 0. The van der Waals surface area contributed by atoms with E-state index in [4.69, 9.17) is 4.42 Å². The number of aromatic nitrogens is 2. The number of aliphatic carboxylic acids is 1. The minimum absolute atomic E-state index is 0.0333. The molecule has 30 heavy (non-hydrogen) atoms. The number of carbonyl (C=O) groups is 2. The second-order valence-corrected chi connectivity index (χ2v) is 7.54. The van der Waals surface area contributed by atoms with Gasteiger partial charge in [-0.25, -0.2) is 14.6 Å². The van der Waals surface area contributed by atoms with Crippen LogP contribution in [-0.4, -0.2) is 32.1 Å². The molecule has 0 fully saturated rings. The van der Waals surface area contributed by atoms with Crippen LogP contribution in [0.2, 0.25) is 0 Å². The Bertz CT molecular complexity index is 1270. The molecule has 0 bridgehead atoms. The van der Waals surface area contributed by atoms with Crippen molar-refractivity contribution in [1.29, 1.82) is 0 Å². The Labute approximate surface area is 175 Å².